The molecule has 2 rings (SSSR count). The van der Waals surface area contributed by atoms with Gasteiger partial charge in [-0.05, 0) is 48.9 Å². The first-order chi connectivity index (χ1) is 12.9. The quantitative estimate of drug-likeness (QED) is 0.153. The van der Waals surface area contributed by atoms with Crippen LogP contribution in [0, 0.1) is 0 Å². The van der Waals surface area contributed by atoms with Crippen molar-refractivity contribution in [1.29, 1.82) is 0 Å². The molecule has 10 heteroatoms. The molecule has 0 fully saturated rings. The summed E-state index contributed by atoms with van der Waals surface area (Å²) in [5, 5.41) is 12.3. The molecule has 0 bridgehead atoms. The summed E-state index contributed by atoms with van der Waals surface area (Å²) in [5.74, 6) is 1.60. The van der Waals surface area contributed by atoms with Gasteiger partial charge in [-0.3, -0.25) is 0 Å². The number of sulfonamides is 1. The van der Waals surface area contributed by atoms with Crippen LogP contribution in [0.2, 0.25) is 5.02 Å². The minimum absolute atomic E-state index is 0. The van der Waals surface area contributed by atoms with Crippen molar-refractivity contribution in [2.24, 2.45) is 10.1 Å². The fourth-order valence-electron chi connectivity index (χ4n) is 2.17. The van der Waals surface area contributed by atoms with Gasteiger partial charge in [-0.25, -0.2) is 18.5 Å². The molecule has 0 saturated heterocycles. The van der Waals surface area contributed by atoms with Crippen molar-refractivity contribution in [3.05, 3.63) is 59.1 Å². The summed E-state index contributed by atoms with van der Waals surface area (Å²) in [6.45, 7) is 3.94. The zero-order valence-corrected chi connectivity index (χ0v) is 20.1. The second kappa shape index (κ2) is 12.5. The molecular weight excluding hydrogens is 531 g/mol. The van der Waals surface area contributed by atoms with Crippen LogP contribution in [-0.4, -0.2) is 33.2 Å². The van der Waals surface area contributed by atoms with Crippen molar-refractivity contribution in [3.8, 4) is 0 Å². The number of nitrogens with one attached hydrogen (secondary N) is 2. The van der Waals surface area contributed by atoms with Crippen molar-refractivity contribution in [3.63, 3.8) is 0 Å². The molecule has 0 radical (unpaired) electrons. The standard InChI is InChI=1S/C18H23ClN4O2S2.HI/c1-2-21-18(22-11-12-26-16-7-5-15(19)6-8-16)23-13-14-3-9-17(10-4-14)27(20,24)25;/h3-10H,2,11-13H2,1H3,(H2,20,24,25)(H2,21,22,23);1H. The van der Waals surface area contributed by atoms with Crippen LogP contribution in [0.3, 0.4) is 0 Å². The third-order valence-corrected chi connectivity index (χ3v) is 5.69. The third-order valence-electron chi connectivity index (χ3n) is 3.49. The first-order valence-corrected chi connectivity index (χ1v) is 11.3. The number of nitrogens with two attached hydrogens (primary N) is 1. The number of aliphatic imine (C=N–C) groups is 1. The lowest BCUT2D eigenvalue weighted by Gasteiger charge is -2.11. The highest BCUT2D eigenvalue weighted by atomic mass is 127. The maximum atomic E-state index is 11.3. The Bertz CT molecular complexity index is 860. The van der Waals surface area contributed by atoms with Gasteiger partial charge in [0.25, 0.3) is 0 Å². The molecule has 2 aromatic carbocycles. The van der Waals surface area contributed by atoms with E-state index in [1.807, 2.05) is 31.2 Å². The summed E-state index contributed by atoms with van der Waals surface area (Å²) >= 11 is 7.62. The number of halogens is 2. The number of thioether (sulfide) groups is 1. The fourth-order valence-corrected chi connectivity index (χ4v) is 3.58. The van der Waals surface area contributed by atoms with Crippen molar-refractivity contribution in [2.45, 2.75) is 23.3 Å². The molecule has 4 N–H and O–H groups in total. The highest BCUT2D eigenvalue weighted by Gasteiger charge is 2.06. The van der Waals surface area contributed by atoms with Crippen molar-refractivity contribution >= 4 is 63.3 Å². The fraction of sp³-hybridized carbons (Fsp3) is 0.278. The first kappa shape index (κ1) is 25.0. The average molecular weight is 555 g/mol. The van der Waals surface area contributed by atoms with E-state index in [-0.39, 0.29) is 28.9 Å². The van der Waals surface area contributed by atoms with E-state index < -0.39 is 10.0 Å². The SMILES string of the molecule is CCNC(=NCc1ccc(S(N)(=O)=O)cc1)NCCSc1ccc(Cl)cc1.I. The number of nitrogens with zero attached hydrogens (tertiary/aromatic N) is 1. The molecule has 0 aliphatic rings. The van der Waals surface area contributed by atoms with E-state index in [0.717, 1.165) is 34.3 Å². The van der Waals surface area contributed by atoms with Gasteiger partial charge in [0, 0.05) is 28.8 Å². The van der Waals surface area contributed by atoms with Crippen molar-refractivity contribution < 1.29 is 8.42 Å². The van der Waals surface area contributed by atoms with Gasteiger partial charge in [-0.1, -0.05) is 23.7 Å². The Morgan fingerprint density at radius 1 is 1.11 bits per heavy atom. The summed E-state index contributed by atoms with van der Waals surface area (Å²) in [7, 11) is -3.67. The molecule has 0 aliphatic heterocycles. The molecule has 0 unspecified atom stereocenters. The number of guanidine groups is 1. The van der Waals surface area contributed by atoms with Gasteiger partial charge in [0.15, 0.2) is 5.96 Å². The van der Waals surface area contributed by atoms with Crippen LogP contribution in [0.25, 0.3) is 0 Å². The van der Waals surface area contributed by atoms with Gasteiger partial charge in [0.1, 0.15) is 0 Å². The molecule has 0 saturated carbocycles. The molecule has 0 aliphatic carbocycles. The lowest BCUT2D eigenvalue weighted by molar-refractivity contribution is 0.598. The zero-order chi connectivity index (χ0) is 19.7. The molecular formula is C18H24ClIN4O2S2. The normalized spacial score (nSPS) is 11.6. The van der Waals surface area contributed by atoms with Crippen LogP contribution in [-0.2, 0) is 16.6 Å². The Morgan fingerprint density at radius 2 is 1.75 bits per heavy atom. The predicted octanol–water partition coefficient (Wildman–Crippen LogP) is 3.45. The van der Waals surface area contributed by atoms with Gasteiger partial charge in [0.2, 0.25) is 10.0 Å². The molecule has 0 atom stereocenters. The highest BCUT2D eigenvalue weighted by molar-refractivity contribution is 14.0. The van der Waals surface area contributed by atoms with E-state index in [1.54, 1.807) is 23.9 Å². The summed E-state index contributed by atoms with van der Waals surface area (Å²) in [6, 6.07) is 14.2. The second-order valence-electron chi connectivity index (χ2n) is 5.61. The molecule has 0 spiro atoms. The van der Waals surface area contributed by atoms with Crippen molar-refractivity contribution in [2.75, 3.05) is 18.8 Å². The molecule has 6 nitrogen and oxygen atoms in total. The van der Waals surface area contributed by atoms with Gasteiger partial charge >= 0.3 is 0 Å². The Morgan fingerprint density at radius 3 is 2.32 bits per heavy atom. The van der Waals surface area contributed by atoms with Gasteiger partial charge < -0.3 is 10.6 Å². The van der Waals surface area contributed by atoms with Crippen LogP contribution in [0.1, 0.15) is 12.5 Å². The lowest BCUT2D eigenvalue weighted by Crippen LogP contribution is -2.38. The third kappa shape index (κ3) is 8.99. The summed E-state index contributed by atoms with van der Waals surface area (Å²) in [6.07, 6.45) is 0. The number of hydrogen-bond acceptors (Lipinski definition) is 4. The zero-order valence-electron chi connectivity index (χ0n) is 15.4. The van der Waals surface area contributed by atoms with E-state index in [9.17, 15) is 8.42 Å². The maximum Gasteiger partial charge on any atom is 0.238 e. The lowest BCUT2D eigenvalue weighted by atomic mass is 10.2. The number of rotatable bonds is 8. The highest BCUT2D eigenvalue weighted by Crippen LogP contribution is 2.19. The Kier molecular flexibility index (Phi) is 11.2. The van der Waals surface area contributed by atoms with E-state index >= 15 is 0 Å². The minimum atomic E-state index is -3.67. The number of primary sulfonamides is 1. The molecule has 0 amide bonds. The Balaban J connectivity index is 0.00000392. The largest absolute Gasteiger partial charge is 0.357 e. The minimum Gasteiger partial charge on any atom is -0.357 e. The Labute approximate surface area is 192 Å². The first-order valence-electron chi connectivity index (χ1n) is 8.41. The van der Waals surface area contributed by atoms with E-state index in [1.165, 1.54) is 12.1 Å². The average Bonchev–Trinajstić information content (AvgIpc) is 2.64. The maximum absolute atomic E-state index is 11.3. The Hall–Kier alpha value is -1.01. The monoisotopic (exact) mass is 554 g/mol. The smallest absolute Gasteiger partial charge is 0.238 e. The van der Waals surface area contributed by atoms with E-state index in [4.69, 9.17) is 16.7 Å². The van der Waals surface area contributed by atoms with E-state index in [2.05, 4.69) is 15.6 Å². The predicted molar refractivity (Wildman–Crippen MR) is 128 cm³/mol. The summed E-state index contributed by atoms with van der Waals surface area (Å²) < 4.78 is 22.6. The van der Waals surface area contributed by atoms with Crippen LogP contribution in [0.15, 0.2) is 63.3 Å². The molecule has 0 aromatic heterocycles. The van der Waals surface area contributed by atoms with Crippen LogP contribution in [0.5, 0.6) is 0 Å². The summed E-state index contributed by atoms with van der Waals surface area (Å²) in [5.41, 5.74) is 0.898. The second-order valence-corrected chi connectivity index (χ2v) is 8.78. The molecule has 2 aromatic rings. The van der Waals surface area contributed by atoms with Gasteiger partial charge in [0.05, 0.1) is 11.4 Å². The summed E-state index contributed by atoms with van der Waals surface area (Å²) in [4.78, 5) is 5.78. The topological polar surface area (TPSA) is 96.6 Å². The van der Waals surface area contributed by atoms with Crippen molar-refractivity contribution in [1.82, 2.24) is 10.6 Å². The number of benzene rings is 2. The molecule has 0 heterocycles. The molecule has 28 heavy (non-hydrogen) atoms. The van der Waals surface area contributed by atoms with Gasteiger partial charge in [-0.2, -0.15) is 0 Å². The number of hydrogen-bond donors (Lipinski definition) is 3. The van der Waals surface area contributed by atoms with Crippen LogP contribution < -0.4 is 15.8 Å². The van der Waals surface area contributed by atoms with Crippen LogP contribution >= 0.6 is 47.3 Å². The molecule has 154 valence electrons. The van der Waals surface area contributed by atoms with Crippen LogP contribution in [0.4, 0.5) is 0 Å². The van der Waals surface area contributed by atoms with Gasteiger partial charge in [-0.15, -0.1) is 35.7 Å². The van der Waals surface area contributed by atoms with E-state index in [0.29, 0.717) is 12.5 Å².